The highest BCUT2D eigenvalue weighted by molar-refractivity contribution is 5.92. The minimum atomic E-state index is -0.00485. The highest BCUT2D eigenvalue weighted by Gasteiger charge is 2.06. The summed E-state index contributed by atoms with van der Waals surface area (Å²) in [5.74, 6) is -0.00485. The Morgan fingerprint density at radius 3 is 2.24 bits per heavy atom. The predicted octanol–water partition coefficient (Wildman–Crippen LogP) is 4.94. The van der Waals surface area contributed by atoms with Crippen LogP contribution >= 0.6 is 0 Å². The van der Waals surface area contributed by atoms with Crippen molar-refractivity contribution in [1.82, 2.24) is 0 Å². The summed E-state index contributed by atoms with van der Waals surface area (Å²) in [6, 6.07) is 26.1. The molecule has 0 saturated carbocycles. The molecule has 126 valence electrons. The van der Waals surface area contributed by atoms with Crippen LogP contribution in [0, 0.1) is 6.92 Å². The number of nitrogens with zero attached hydrogens (tertiary/aromatic N) is 1. The van der Waals surface area contributed by atoms with Gasteiger partial charge in [-0.15, -0.1) is 0 Å². The Morgan fingerprint density at radius 2 is 1.56 bits per heavy atom. The van der Waals surface area contributed by atoms with E-state index in [2.05, 4.69) is 22.3 Å². The van der Waals surface area contributed by atoms with Crippen LogP contribution in [0.3, 0.4) is 0 Å². The lowest BCUT2D eigenvalue weighted by molar-refractivity contribution is -0.115. The Bertz CT molecular complexity index is 841. The highest BCUT2D eigenvalue weighted by atomic mass is 16.1. The number of benzene rings is 3. The van der Waals surface area contributed by atoms with Gasteiger partial charge in [-0.25, -0.2) is 0 Å². The van der Waals surface area contributed by atoms with Crippen LogP contribution in [0.4, 0.5) is 17.1 Å². The van der Waals surface area contributed by atoms with Crippen LogP contribution in [0.2, 0.25) is 0 Å². The highest BCUT2D eigenvalue weighted by Crippen LogP contribution is 2.24. The van der Waals surface area contributed by atoms with Crippen LogP contribution in [-0.2, 0) is 11.2 Å². The minimum absolute atomic E-state index is 0.00485. The van der Waals surface area contributed by atoms with Gasteiger partial charge in [0.2, 0.25) is 5.91 Å². The Kier molecular flexibility index (Phi) is 5.14. The molecule has 25 heavy (non-hydrogen) atoms. The average molecular weight is 330 g/mol. The quantitative estimate of drug-likeness (QED) is 0.718. The second kappa shape index (κ2) is 7.67. The zero-order valence-electron chi connectivity index (χ0n) is 14.6. The fourth-order valence-corrected chi connectivity index (χ4v) is 2.78. The van der Waals surface area contributed by atoms with Crippen LogP contribution < -0.4 is 10.2 Å². The second-order valence-electron chi connectivity index (χ2n) is 6.16. The van der Waals surface area contributed by atoms with E-state index in [9.17, 15) is 4.79 Å². The number of para-hydroxylation sites is 1. The van der Waals surface area contributed by atoms with Gasteiger partial charge in [0.1, 0.15) is 0 Å². The molecule has 0 spiro atoms. The maximum absolute atomic E-state index is 12.2. The van der Waals surface area contributed by atoms with Crippen molar-refractivity contribution >= 4 is 23.0 Å². The van der Waals surface area contributed by atoms with Crippen molar-refractivity contribution in [1.29, 1.82) is 0 Å². The van der Waals surface area contributed by atoms with E-state index in [0.29, 0.717) is 6.42 Å². The van der Waals surface area contributed by atoms with Crippen molar-refractivity contribution in [3.05, 3.63) is 90.0 Å². The molecule has 0 aliphatic carbocycles. The second-order valence-corrected chi connectivity index (χ2v) is 6.16. The van der Waals surface area contributed by atoms with E-state index in [-0.39, 0.29) is 5.91 Å². The third-order valence-corrected chi connectivity index (χ3v) is 4.13. The van der Waals surface area contributed by atoms with Crippen molar-refractivity contribution in [2.45, 2.75) is 13.3 Å². The van der Waals surface area contributed by atoms with E-state index in [0.717, 1.165) is 22.6 Å². The molecule has 0 bridgehead atoms. The molecule has 0 aliphatic rings. The Labute approximate surface area is 148 Å². The van der Waals surface area contributed by atoms with Crippen LogP contribution in [0.5, 0.6) is 0 Å². The zero-order chi connectivity index (χ0) is 17.6. The minimum Gasteiger partial charge on any atom is -0.345 e. The van der Waals surface area contributed by atoms with E-state index >= 15 is 0 Å². The molecule has 3 rings (SSSR count). The predicted molar refractivity (Wildman–Crippen MR) is 104 cm³/mol. The molecule has 1 amide bonds. The van der Waals surface area contributed by atoms with E-state index in [1.807, 2.05) is 80.7 Å². The van der Waals surface area contributed by atoms with E-state index in [1.54, 1.807) is 0 Å². The Morgan fingerprint density at radius 1 is 0.880 bits per heavy atom. The lowest BCUT2D eigenvalue weighted by Gasteiger charge is -2.19. The van der Waals surface area contributed by atoms with E-state index < -0.39 is 0 Å². The van der Waals surface area contributed by atoms with E-state index in [4.69, 9.17) is 0 Å². The van der Waals surface area contributed by atoms with Crippen molar-refractivity contribution in [3.8, 4) is 0 Å². The summed E-state index contributed by atoms with van der Waals surface area (Å²) < 4.78 is 0. The van der Waals surface area contributed by atoms with Gasteiger partial charge in [0.05, 0.1) is 6.42 Å². The number of anilines is 3. The molecule has 3 aromatic rings. The van der Waals surface area contributed by atoms with Gasteiger partial charge in [-0.05, 0) is 48.9 Å². The molecular weight excluding hydrogens is 308 g/mol. The van der Waals surface area contributed by atoms with Gasteiger partial charge in [0.25, 0.3) is 0 Å². The average Bonchev–Trinajstić information content (AvgIpc) is 2.62. The van der Waals surface area contributed by atoms with Gasteiger partial charge < -0.3 is 10.2 Å². The molecule has 3 aromatic carbocycles. The number of hydrogen-bond donors (Lipinski definition) is 1. The summed E-state index contributed by atoms with van der Waals surface area (Å²) in [4.78, 5) is 14.3. The summed E-state index contributed by atoms with van der Waals surface area (Å²) >= 11 is 0. The summed E-state index contributed by atoms with van der Waals surface area (Å²) in [5.41, 5.74) is 5.20. The Balaban J connectivity index is 1.63. The molecule has 0 radical (unpaired) electrons. The first-order valence-electron chi connectivity index (χ1n) is 8.36. The SMILES string of the molecule is Cc1cccc(CC(=O)Nc2ccc(N(C)c3ccccc3)cc2)c1. The third kappa shape index (κ3) is 4.48. The van der Waals surface area contributed by atoms with Crippen molar-refractivity contribution < 1.29 is 4.79 Å². The number of hydrogen-bond acceptors (Lipinski definition) is 2. The lowest BCUT2D eigenvalue weighted by atomic mass is 10.1. The number of amides is 1. The molecule has 0 heterocycles. The molecule has 3 heteroatoms. The van der Waals surface area contributed by atoms with Gasteiger partial charge in [-0.2, -0.15) is 0 Å². The third-order valence-electron chi connectivity index (χ3n) is 4.13. The topological polar surface area (TPSA) is 32.3 Å². The smallest absolute Gasteiger partial charge is 0.228 e. The molecule has 0 saturated heterocycles. The van der Waals surface area contributed by atoms with Gasteiger partial charge in [0.15, 0.2) is 0 Å². The number of nitrogens with one attached hydrogen (secondary N) is 1. The summed E-state index contributed by atoms with van der Waals surface area (Å²) in [6.45, 7) is 2.03. The van der Waals surface area contributed by atoms with Gasteiger partial charge in [-0.3, -0.25) is 4.79 Å². The van der Waals surface area contributed by atoms with E-state index in [1.165, 1.54) is 5.56 Å². The van der Waals surface area contributed by atoms with Crippen LogP contribution in [0.1, 0.15) is 11.1 Å². The number of carbonyl (C=O) groups is 1. The number of rotatable bonds is 5. The van der Waals surface area contributed by atoms with Crippen molar-refractivity contribution in [2.75, 3.05) is 17.3 Å². The molecule has 3 nitrogen and oxygen atoms in total. The summed E-state index contributed by atoms with van der Waals surface area (Å²) in [6.07, 6.45) is 0.382. The van der Waals surface area contributed by atoms with Gasteiger partial charge in [0, 0.05) is 24.1 Å². The normalized spacial score (nSPS) is 10.3. The largest absolute Gasteiger partial charge is 0.345 e. The van der Waals surface area contributed by atoms with Gasteiger partial charge >= 0.3 is 0 Å². The first kappa shape index (κ1) is 16.8. The maximum atomic E-state index is 12.2. The van der Waals surface area contributed by atoms with Gasteiger partial charge in [-0.1, -0.05) is 48.0 Å². The maximum Gasteiger partial charge on any atom is 0.228 e. The monoisotopic (exact) mass is 330 g/mol. The van der Waals surface area contributed by atoms with Crippen LogP contribution in [0.25, 0.3) is 0 Å². The molecule has 0 unspecified atom stereocenters. The molecule has 0 atom stereocenters. The fourth-order valence-electron chi connectivity index (χ4n) is 2.78. The number of carbonyl (C=O) groups excluding carboxylic acids is 1. The fraction of sp³-hybridized carbons (Fsp3) is 0.136. The standard InChI is InChI=1S/C22H22N2O/c1-17-7-6-8-18(15-17)16-22(25)23-19-11-13-21(14-12-19)24(2)20-9-4-3-5-10-20/h3-15H,16H2,1-2H3,(H,23,25). The molecular formula is C22H22N2O. The van der Waals surface area contributed by atoms with Crippen molar-refractivity contribution in [2.24, 2.45) is 0 Å². The van der Waals surface area contributed by atoms with Crippen LogP contribution in [0.15, 0.2) is 78.9 Å². The lowest BCUT2D eigenvalue weighted by Crippen LogP contribution is -2.14. The van der Waals surface area contributed by atoms with Crippen molar-refractivity contribution in [3.63, 3.8) is 0 Å². The molecule has 0 aliphatic heterocycles. The van der Waals surface area contributed by atoms with Crippen LogP contribution in [-0.4, -0.2) is 13.0 Å². The number of aryl methyl sites for hydroxylation is 1. The molecule has 0 aromatic heterocycles. The summed E-state index contributed by atoms with van der Waals surface area (Å²) in [5, 5.41) is 2.96. The first-order valence-corrected chi connectivity index (χ1v) is 8.36. The zero-order valence-corrected chi connectivity index (χ0v) is 14.6. The molecule has 0 fully saturated rings. The summed E-state index contributed by atoms with van der Waals surface area (Å²) in [7, 11) is 2.03. The molecule has 1 N–H and O–H groups in total. The first-order chi connectivity index (χ1) is 12.1. The Hall–Kier alpha value is -3.07.